The zero-order chi connectivity index (χ0) is 14.3. The lowest BCUT2D eigenvalue weighted by Crippen LogP contribution is -2.00. The molecule has 2 heterocycles. The molecule has 0 unspecified atom stereocenters. The van der Waals surface area contributed by atoms with E-state index in [1.54, 1.807) is 36.7 Å². The van der Waals surface area contributed by atoms with Crippen molar-refractivity contribution in [2.45, 2.75) is 0 Å². The molecule has 1 N–H and O–H groups in total. The maximum absolute atomic E-state index is 12.6. The highest BCUT2D eigenvalue weighted by Crippen LogP contribution is 2.28. The van der Waals surface area contributed by atoms with E-state index in [9.17, 15) is 4.79 Å². The second-order valence-corrected chi connectivity index (χ2v) is 5.49. The van der Waals surface area contributed by atoms with E-state index in [0.29, 0.717) is 37.2 Å². The standard InChI is InChI=1S/C14H7Cl3N2O/c15-8-3-7(4-9(16)5-8)13(20)10-6-19-14-12(10)11(17)1-2-18-14/h1-6H,(H,18,19). The van der Waals surface area contributed by atoms with Crippen molar-refractivity contribution < 1.29 is 4.79 Å². The van der Waals surface area contributed by atoms with Crippen LogP contribution in [-0.2, 0) is 0 Å². The van der Waals surface area contributed by atoms with E-state index < -0.39 is 0 Å². The van der Waals surface area contributed by atoms with Crippen molar-refractivity contribution in [3.8, 4) is 0 Å². The molecule has 0 aliphatic heterocycles. The van der Waals surface area contributed by atoms with Crippen LogP contribution in [0.1, 0.15) is 15.9 Å². The summed E-state index contributed by atoms with van der Waals surface area (Å²) in [6.07, 6.45) is 3.16. The lowest BCUT2D eigenvalue weighted by Gasteiger charge is -2.02. The fraction of sp³-hybridized carbons (Fsp3) is 0. The normalized spacial score (nSPS) is 10.9. The van der Waals surface area contributed by atoms with Crippen LogP contribution >= 0.6 is 34.8 Å². The summed E-state index contributed by atoms with van der Waals surface area (Å²) in [6, 6.07) is 6.35. The molecular formula is C14H7Cl3N2O. The summed E-state index contributed by atoms with van der Waals surface area (Å²) in [5, 5.41) is 1.87. The molecule has 0 aliphatic carbocycles. The summed E-state index contributed by atoms with van der Waals surface area (Å²) in [7, 11) is 0. The highest BCUT2D eigenvalue weighted by atomic mass is 35.5. The molecule has 3 aromatic rings. The Hall–Kier alpha value is -1.55. The molecule has 0 spiro atoms. The van der Waals surface area contributed by atoms with E-state index in [-0.39, 0.29) is 5.78 Å². The molecule has 0 bridgehead atoms. The third-order valence-corrected chi connectivity index (χ3v) is 3.64. The molecule has 100 valence electrons. The minimum atomic E-state index is -0.212. The van der Waals surface area contributed by atoms with Crippen molar-refractivity contribution in [2.24, 2.45) is 0 Å². The number of nitrogens with zero attached hydrogens (tertiary/aromatic N) is 1. The Morgan fingerprint density at radius 1 is 1.10 bits per heavy atom. The maximum Gasteiger partial charge on any atom is 0.195 e. The average Bonchev–Trinajstić information content (AvgIpc) is 2.82. The first kappa shape index (κ1) is 13.4. The first-order valence-electron chi connectivity index (χ1n) is 5.68. The number of fused-ring (bicyclic) bond motifs is 1. The number of rotatable bonds is 2. The van der Waals surface area contributed by atoms with Gasteiger partial charge in [-0.2, -0.15) is 0 Å². The van der Waals surface area contributed by atoms with E-state index >= 15 is 0 Å². The van der Waals surface area contributed by atoms with E-state index in [0.717, 1.165) is 0 Å². The summed E-state index contributed by atoms with van der Waals surface area (Å²) >= 11 is 18.0. The largest absolute Gasteiger partial charge is 0.345 e. The van der Waals surface area contributed by atoms with Crippen LogP contribution in [0.25, 0.3) is 11.0 Å². The van der Waals surface area contributed by atoms with Crippen LogP contribution in [0.15, 0.2) is 36.7 Å². The van der Waals surface area contributed by atoms with Crippen molar-refractivity contribution in [2.75, 3.05) is 0 Å². The van der Waals surface area contributed by atoms with Crippen LogP contribution in [0, 0.1) is 0 Å². The van der Waals surface area contributed by atoms with Crippen molar-refractivity contribution in [1.82, 2.24) is 9.97 Å². The lowest BCUT2D eigenvalue weighted by atomic mass is 10.0. The fourth-order valence-corrected chi connectivity index (χ4v) is 2.81. The van der Waals surface area contributed by atoms with Gasteiger partial charge in [-0.1, -0.05) is 34.8 Å². The predicted octanol–water partition coefficient (Wildman–Crippen LogP) is 4.75. The minimum absolute atomic E-state index is 0.212. The van der Waals surface area contributed by atoms with E-state index in [2.05, 4.69) is 9.97 Å². The lowest BCUT2D eigenvalue weighted by molar-refractivity contribution is 0.104. The number of H-pyrrole nitrogens is 1. The molecule has 0 radical (unpaired) electrons. The molecule has 20 heavy (non-hydrogen) atoms. The Kier molecular flexibility index (Phi) is 3.42. The van der Waals surface area contributed by atoms with Gasteiger partial charge in [-0.05, 0) is 24.3 Å². The molecular weight excluding hydrogens is 319 g/mol. The number of carbonyl (C=O) groups excluding carboxylic acids is 1. The monoisotopic (exact) mass is 324 g/mol. The molecule has 3 rings (SSSR count). The molecule has 0 atom stereocenters. The van der Waals surface area contributed by atoms with Gasteiger partial charge in [0.1, 0.15) is 5.65 Å². The van der Waals surface area contributed by atoms with Gasteiger partial charge >= 0.3 is 0 Å². The molecule has 0 amide bonds. The number of hydrogen-bond acceptors (Lipinski definition) is 2. The molecule has 0 saturated heterocycles. The van der Waals surface area contributed by atoms with Crippen LogP contribution < -0.4 is 0 Å². The summed E-state index contributed by atoms with van der Waals surface area (Å²) in [5.74, 6) is -0.212. The van der Waals surface area contributed by atoms with Gasteiger partial charge in [0, 0.05) is 33.4 Å². The zero-order valence-corrected chi connectivity index (χ0v) is 12.2. The molecule has 3 nitrogen and oxygen atoms in total. The Balaban J connectivity index is 2.18. The third-order valence-electron chi connectivity index (χ3n) is 2.89. The second kappa shape index (κ2) is 5.09. The van der Waals surface area contributed by atoms with Crippen molar-refractivity contribution >= 4 is 51.6 Å². The number of hydrogen-bond donors (Lipinski definition) is 1. The number of pyridine rings is 1. The molecule has 1 aromatic carbocycles. The molecule has 0 saturated carbocycles. The summed E-state index contributed by atoms with van der Waals surface area (Å²) in [5.41, 5.74) is 1.41. The predicted molar refractivity (Wildman–Crippen MR) is 81.0 cm³/mol. The molecule has 0 fully saturated rings. The Morgan fingerprint density at radius 2 is 1.80 bits per heavy atom. The minimum Gasteiger partial charge on any atom is -0.345 e. The Labute approximate surface area is 129 Å². The van der Waals surface area contributed by atoms with Gasteiger partial charge < -0.3 is 4.98 Å². The van der Waals surface area contributed by atoms with Crippen molar-refractivity contribution in [1.29, 1.82) is 0 Å². The highest BCUT2D eigenvalue weighted by molar-refractivity contribution is 6.38. The van der Waals surface area contributed by atoms with Crippen molar-refractivity contribution in [3.05, 3.63) is 62.9 Å². The Morgan fingerprint density at radius 3 is 2.50 bits per heavy atom. The second-order valence-electron chi connectivity index (χ2n) is 4.21. The van der Waals surface area contributed by atoms with Gasteiger partial charge in [0.15, 0.2) is 5.78 Å². The SMILES string of the molecule is O=C(c1cc(Cl)cc(Cl)c1)c1c[nH]c2nccc(Cl)c12. The molecule has 6 heteroatoms. The Bertz CT molecular complexity index is 806. The zero-order valence-electron chi connectivity index (χ0n) is 9.95. The highest BCUT2D eigenvalue weighted by Gasteiger charge is 2.17. The quantitative estimate of drug-likeness (QED) is 0.691. The van der Waals surface area contributed by atoms with Crippen LogP contribution in [0.3, 0.4) is 0 Å². The number of aromatic amines is 1. The van der Waals surface area contributed by atoms with E-state index in [1.807, 2.05) is 0 Å². The van der Waals surface area contributed by atoms with Crippen molar-refractivity contribution in [3.63, 3.8) is 0 Å². The van der Waals surface area contributed by atoms with E-state index in [4.69, 9.17) is 34.8 Å². The van der Waals surface area contributed by atoms with Gasteiger partial charge in [-0.25, -0.2) is 4.98 Å². The van der Waals surface area contributed by atoms with Crippen LogP contribution in [-0.4, -0.2) is 15.8 Å². The number of ketones is 1. The van der Waals surface area contributed by atoms with Gasteiger partial charge in [0.2, 0.25) is 0 Å². The number of nitrogens with one attached hydrogen (secondary N) is 1. The number of carbonyl (C=O) groups is 1. The first-order valence-corrected chi connectivity index (χ1v) is 6.82. The first-order chi connectivity index (χ1) is 9.56. The van der Waals surface area contributed by atoms with Crippen LogP contribution in [0.5, 0.6) is 0 Å². The van der Waals surface area contributed by atoms with Gasteiger partial charge in [0.25, 0.3) is 0 Å². The summed E-state index contributed by atoms with van der Waals surface area (Å²) < 4.78 is 0. The van der Waals surface area contributed by atoms with Gasteiger partial charge in [0.05, 0.1) is 10.6 Å². The fourth-order valence-electron chi connectivity index (χ4n) is 2.04. The number of halogens is 3. The third kappa shape index (κ3) is 2.29. The summed E-state index contributed by atoms with van der Waals surface area (Å²) in [4.78, 5) is 19.6. The summed E-state index contributed by atoms with van der Waals surface area (Å²) in [6.45, 7) is 0. The number of aromatic nitrogens is 2. The topological polar surface area (TPSA) is 45.8 Å². The van der Waals surface area contributed by atoms with Gasteiger partial charge in [-0.15, -0.1) is 0 Å². The molecule has 0 aliphatic rings. The van der Waals surface area contributed by atoms with E-state index in [1.165, 1.54) is 0 Å². The van der Waals surface area contributed by atoms with Crippen LogP contribution in [0.4, 0.5) is 0 Å². The number of benzene rings is 1. The smallest absolute Gasteiger partial charge is 0.195 e. The average molecular weight is 326 g/mol. The van der Waals surface area contributed by atoms with Gasteiger partial charge in [-0.3, -0.25) is 4.79 Å². The maximum atomic E-state index is 12.6. The molecule has 2 aromatic heterocycles. The van der Waals surface area contributed by atoms with Crippen LogP contribution in [0.2, 0.25) is 15.1 Å².